The zero-order valence-electron chi connectivity index (χ0n) is 12.3. The van der Waals surface area contributed by atoms with E-state index in [9.17, 15) is 17.6 Å². The van der Waals surface area contributed by atoms with Gasteiger partial charge in [-0.05, 0) is 25.0 Å². The number of hydrogen-bond donors (Lipinski definition) is 2. The van der Waals surface area contributed by atoms with Gasteiger partial charge in [-0.2, -0.15) is 0 Å². The van der Waals surface area contributed by atoms with Crippen molar-refractivity contribution in [2.75, 3.05) is 31.3 Å². The van der Waals surface area contributed by atoms with Crippen molar-refractivity contribution < 1.29 is 22.3 Å². The molecule has 22 heavy (non-hydrogen) atoms. The van der Waals surface area contributed by atoms with Crippen molar-refractivity contribution in [1.82, 2.24) is 5.32 Å². The van der Waals surface area contributed by atoms with Crippen molar-refractivity contribution in [3.63, 3.8) is 0 Å². The third-order valence-electron chi connectivity index (χ3n) is 3.33. The van der Waals surface area contributed by atoms with Gasteiger partial charge in [0.15, 0.2) is 9.84 Å². The Balaban J connectivity index is 1.93. The zero-order chi connectivity index (χ0) is 16.2. The third-order valence-corrected chi connectivity index (χ3v) is 4.48. The van der Waals surface area contributed by atoms with E-state index in [4.69, 9.17) is 4.74 Å². The van der Waals surface area contributed by atoms with Crippen molar-refractivity contribution in [3.8, 4) is 0 Å². The number of carbonyl (C=O) groups excluding carboxylic acids is 1. The number of halogens is 1. The molecular weight excluding hydrogens is 311 g/mol. The molecular formula is C14H19FN2O4S. The molecule has 0 radical (unpaired) electrons. The van der Waals surface area contributed by atoms with Crippen LogP contribution in [0.2, 0.25) is 0 Å². The summed E-state index contributed by atoms with van der Waals surface area (Å²) in [5, 5.41) is 5.36. The van der Waals surface area contributed by atoms with Crippen molar-refractivity contribution in [2.45, 2.75) is 23.8 Å². The van der Waals surface area contributed by atoms with E-state index in [-0.39, 0.29) is 24.2 Å². The first-order valence-electron chi connectivity index (χ1n) is 6.98. The average molecular weight is 330 g/mol. The maximum absolute atomic E-state index is 13.7. The van der Waals surface area contributed by atoms with Gasteiger partial charge in [-0.25, -0.2) is 12.8 Å². The first-order valence-corrected chi connectivity index (χ1v) is 8.88. The summed E-state index contributed by atoms with van der Waals surface area (Å²) in [6.45, 7) is 0.987. The minimum Gasteiger partial charge on any atom is -0.376 e. The van der Waals surface area contributed by atoms with E-state index in [1.54, 1.807) is 0 Å². The van der Waals surface area contributed by atoms with Gasteiger partial charge in [0.05, 0.1) is 18.3 Å². The van der Waals surface area contributed by atoms with Gasteiger partial charge in [0.1, 0.15) is 10.7 Å². The number of hydrogen-bond acceptors (Lipinski definition) is 5. The fourth-order valence-electron chi connectivity index (χ4n) is 2.30. The summed E-state index contributed by atoms with van der Waals surface area (Å²) in [4.78, 5) is 11.3. The first kappa shape index (κ1) is 16.7. The highest BCUT2D eigenvalue weighted by atomic mass is 32.2. The molecule has 122 valence electrons. The second-order valence-electron chi connectivity index (χ2n) is 5.18. The molecule has 1 saturated heterocycles. The van der Waals surface area contributed by atoms with E-state index < -0.39 is 20.5 Å². The van der Waals surface area contributed by atoms with Crippen LogP contribution in [0.4, 0.5) is 10.1 Å². The van der Waals surface area contributed by atoms with E-state index in [2.05, 4.69) is 10.6 Å². The molecule has 1 aliphatic heterocycles. The molecule has 0 aromatic heterocycles. The van der Waals surface area contributed by atoms with E-state index >= 15 is 0 Å². The van der Waals surface area contributed by atoms with Crippen LogP contribution >= 0.6 is 0 Å². The second kappa shape index (κ2) is 7.06. The van der Waals surface area contributed by atoms with Crippen LogP contribution in [0.15, 0.2) is 23.1 Å². The molecule has 1 unspecified atom stereocenters. The SMILES string of the molecule is CS(=O)(=O)c1c(F)cccc1NCC(=O)NCC1CCCO1. The number of benzene rings is 1. The predicted octanol–water partition coefficient (Wildman–Crippen LogP) is 0.936. The summed E-state index contributed by atoms with van der Waals surface area (Å²) in [7, 11) is -3.73. The fourth-order valence-corrected chi connectivity index (χ4v) is 3.26. The molecule has 0 saturated carbocycles. The topological polar surface area (TPSA) is 84.5 Å². The number of anilines is 1. The summed E-state index contributed by atoms with van der Waals surface area (Å²) in [5.41, 5.74) is 0.0785. The minimum absolute atomic E-state index is 0.0321. The molecule has 1 amide bonds. The Morgan fingerprint density at radius 2 is 2.23 bits per heavy atom. The van der Waals surface area contributed by atoms with Crippen LogP contribution < -0.4 is 10.6 Å². The molecule has 2 N–H and O–H groups in total. The Morgan fingerprint density at radius 1 is 1.45 bits per heavy atom. The largest absolute Gasteiger partial charge is 0.376 e. The molecule has 1 aliphatic rings. The van der Waals surface area contributed by atoms with Gasteiger partial charge >= 0.3 is 0 Å². The van der Waals surface area contributed by atoms with E-state index in [0.717, 1.165) is 25.2 Å². The number of amides is 1. The molecule has 2 rings (SSSR count). The van der Waals surface area contributed by atoms with Gasteiger partial charge in [0.2, 0.25) is 5.91 Å². The zero-order valence-corrected chi connectivity index (χ0v) is 13.1. The number of sulfone groups is 1. The Morgan fingerprint density at radius 3 is 2.86 bits per heavy atom. The number of nitrogens with one attached hydrogen (secondary N) is 2. The quantitative estimate of drug-likeness (QED) is 0.811. The van der Waals surface area contributed by atoms with Gasteiger partial charge in [-0.15, -0.1) is 0 Å². The second-order valence-corrected chi connectivity index (χ2v) is 7.13. The van der Waals surface area contributed by atoms with Crippen LogP contribution in [0.5, 0.6) is 0 Å². The maximum Gasteiger partial charge on any atom is 0.239 e. The lowest BCUT2D eigenvalue weighted by Gasteiger charge is -2.13. The molecule has 1 aromatic rings. The predicted molar refractivity (Wildman–Crippen MR) is 80.0 cm³/mol. The lowest BCUT2D eigenvalue weighted by molar-refractivity contribution is -0.119. The maximum atomic E-state index is 13.7. The van der Waals surface area contributed by atoms with E-state index in [1.807, 2.05) is 0 Å². The molecule has 8 heteroatoms. The van der Waals surface area contributed by atoms with E-state index in [0.29, 0.717) is 13.2 Å². The van der Waals surface area contributed by atoms with Crippen LogP contribution in [0.25, 0.3) is 0 Å². The molecule has 0 spiro atoms. The van der Waals surface area contributed by atoms with Crippen molar-refractivity contribution in [3.05, 3.63) is 24.0 Å². The van der Waals surface area contributed by atoms with Gasteiger partial charge in [0, 0.05) is 19.4 Å². The van der Waals surface area contributed by atoms with Crippen molar-refractivity contribution >= 4 is 21.4 Å². The third kappa shape index (κ3) is 4.41. The van der Waals surface area contributed by atoms with Crippen LogP contribution in [0, 0.1) is 5.82 Å². The summed E-state index contributed by atoms with van der Waals surface area (Å²) in [6.07, 6.45) is 2.86. The van der Waals surface area contributed by atoms with Gasteiger partial charge < -0.3 is 15.4 Å². The highest BCUT2D eigenvalue weighted by Gasteiger charge is 2.19. The van der Waals surface area contributed by atoms with Crippen molar-refractivity contribution in [2.24, 2.45) is 0 Å². The smallest absolute Gasteiger partial charge is 0.239 e. The normalized spacial score (nSPS) is 18.2. The Kier molecular flexibility index (Phi) is 5.36. The van der Waals surface area contributed by atoms with Crippen LogP contribution in [0.1, 0.15) is 12.8 Å². The molecule has 1 heterocycles. The molecule has 1 atom stereocenters. The fraction of sp³-hybridized carbons (Fsp3) is 0.500. The molecule has 1 aromatic carbocycles. The number of ether oxygens (including phenoxy) is 1. The lowest BCUT2D eigenvalue weighted by Crippen LogP contribution is -2.35. The molecule has 1 fully saturated rings. The molecule has 0 bridgehead atoms. The lowest BCUT2D eigenvalue weighted by atomic mass is 10.2. The summed E-state index contributed by atoms with van der Waals surface area (Å²) >= 11 is 0. The van der Waals surface area contributed by atoms with Gasteiger partial charge in [-0.3, -0.25) is 4.79 Å². The summed E-state index contributed by atoms with van der Waals surface area (Å²) in [6, 6.07) is 3.88. The monoisotopic (exact) mass is 330 g/mol. The molecule has 6 nitrogen and oxygen atoms in total. The van der Waals surface area contributed by atoms with Gasteiger partial charge in [0.25, 0.3) is 0 Å². The van der Waals surface area contributed by atoms with Crippen molar-refractivity contribution in [1.29, 1.82) is 0 Å². The minimum atomic E-state index is -3.73. The average Bonchev–Trinajstić information content (AvgIpc) is 2.94. The van der Waals surface area contributed by atoms with Crippen LogP contribution in [-0.4, -0.2) is 46.4 Å². The van der Waals surface area contributed by atoms with E-state index in [1.165, 1.54) is 12.1 Å². The summed E-state index contributed by atoms with van der Waals surface area (Å²) < 4.78 is 42.3. The van der Waals surface area contributed by atoms with Crippen LogP contribution in [0.3, 0.4) is 0 Å². The van der Waals surface area contributed by atoms with Gasteiger partial charge in [-0.1, -0.05) is 6.07 Å². The highest BCUT2D eigenvalue weighted by Crippen LogP contribution is 2.24. The molecule has 0 aliphatic carbocycles. The Bertz CT molecular complexity index is 642. The summed E-state index contributed by atoms with van der Waals surface area (Å²) in [5.74, 6) is -1.15. The first-order chi connectivity index (χ1) is 10.4. The Labute approximate surface area is 129 Å². The standard InChI is InChI=1S/C14H19FN2O4S/c1-22(19,20)14-11(15)5-2-6-12(14)16-9-13(18)17-8-10-4-3-7-21-10/h2,5-6,10,16H,3-4,7-9H2,1H3,(H,17,18). The number of rotatable bonds is 6. The number of carbonyl (C=O) groups is 1. The van der Waals surface area contributed by atoms with Crippen LogP contribution in [-0.2, 0) is 19.4 Å². The highest BCUT2D eigenvalue weighted by molar-refractivity contribution is 7.90. The Hall–Kier alpha value is -1.67.